The third-order valence-electron chi connectivity index (χ3n) is 3.43. The number of ether oxygens (including phenoxy) is 1. The van der Waals surface area contributed by atoms with Crippen molar-refractivity contribution < 1.29 is 13.2 Å². The molecule has 1 aromatic carbocycles. The molecule has 1 aromatic heterocycles. The number of thiophene rings is 1. The number of halogens is 1. The average Bonchev–Trinajstić information content (AvgIpc) is 3.01. The number of nitrogens with one attached hydrogen (secondary N) is 1. The van der Waals surface area contributed by atoms with Crippen LogP contribution in [0.1, 0.15) is 11.6 Å². The molecule has 23 heavy (non-hydrogen) atoms. The highest BCUT2D eigenvalue weighted by molar-refractivity contribution is 7.89. The van der Waals surface area contributed by atoms with Gasteiger partial charge in [0.25, 0.3) is 0 Å². The first-order valence-corrected chi connectivity index (χ1v) is 9.67. The van der Waals surface area contributed by atoms with Gasteiger partial charge in [0.05, 0.1) is 7.11 Å². The molecule has 2 rings (SSSR count). The molecular weight excluding hydrogens is 356 g/mol. The van der Waals surface area contributed by atoms with E-state index in [4.69, 9.17) is 16.3 Å². The van der Waals surface area contributed by atoms with Crippen molar-refractivity contribution in [3.63, 3.8) is 0 Å². The van der Waals surface area contributed by atoms with Crippen LogP contribution in [0.3, 0.4) is 0 Å². The topological polar surface area (TPSA) is 58.6 Å². The quantitative estimate of drug-likeness (QED) is 0.809. The second kappa shape index (κ2) is 7.63. The summed E-state index contributed by atoms with van der Waals surface area (Å²) in [7, 11) is 1.53. The summed E-state index contributed by atoms with van der Waals surface area (Å²) in [6.07, 6.45) is 0. The molecule has 5 nitrogen and oxygen atoms in total. The summed E-state index contributed by atoms with van der Waals surface area (Å²) in [5.41, 5.74) is 1.07. The molecule has 1 heterocycles. The van der Waals surface area contributed by atoms with Crippen LogP contribution in [-0.4, -0.2) is 41.1 Å². The first-order valence-electron chi connectivity index (χ1n) is 6.87. The fourth-order valence-electron chi connectivity index (χ4n) is 2.19. The molecule has 0 aliphatic heterocycles. The lowest BCUT2D eigenvalue weighted by molar-refractivity contribution is 0.300. The van der Waals surface area contributed by atoms with Crippen LogP contribution < -0.4 is 9.46 Å². The number of rotatable bonds is 7. The summed E-state index contributed by atoms with van der Waals surface area (Å²) in [5.74, 6) is 0.263. The van der Waals surface area contributed by atoms with Crippen LogP contribution >= 0.6 is 22.9 Å². The van der Waals surface area contributed by atoms with E-state index in [0.717, 1.165) is 5.56 Å². The molecule has 0 bridgehead atoms. The lowest BCUT2D eigenvalue weighted by Gasteiger charge is -2.24. The molecule has 0 fully saturated rings. The third kappa shape index (κ3) is 4.45. The van der Waals surface area contributed by atoms with Crippen LogP contribution in [0.4, 0.5) is 0 Å². The molecule has 0 radical (unpaired) electrons. The molecule has 2 aromatic rings. The Morgan fingerprint density at radius 2 is 2.09 bits per heavy atom. The summed E-state index contributed by atoms with van der Waals surface area (Å²) in [6, 6.07) is 6.45. The lowest BCUT2D eigenvalue weighted by atomic mass is 10.1. The third-order valence-corrected chi connectivity index (χ3v) is 5.81. The summed E-state index contributed by atoms with van der Waals surface area (Å²) in [6.45, 7) is 0.252. The van der Waals surface area contributed by atoms with E-state index in [0.29, 0.717) is 5.02 Å². The highest BCUT2D eigenvalue weighted by Crippen LogP contribution is 2.27. The number of hydrogen-bond acceptors (Lipinski definition) is 5. The van der Waals surface area contributed by atoms with E-state index >= 15 is 0 Å². The van der Waals surface area contributed by atoms with E-state index in [1.54, 1.807) is 23.5 Å². The smallest absolute Gasteiger partial charge is 0.244 e. The van der Waals surface area contributed by atoms with Crippen molar-refractivity contribution >= 4 is 33.0 Å². The van der Waals surface area contributed by atoms with Crippen LogP contribution in [-0.2, 0) is 10.0 Å². The molecule has 1 N–H and O–H groups in total. The molecule has 8 heteroatoms. The molecule has 0 aliphatic carbocycles. The Hall–Kier alpha value is -1.12. The maximum atomic E-state index is 12.6. The zero-order valence-corrected chi connectivity index (χ0v) is 15.5. The van der Waals surface area contributed by atoms with Gasteiger partial charge in [-0.1, -0.05) is 11.6 Å². The highest BCUT2D eigenvalue weighted by Gasteiger charge is 2.23. The fraction of sp³-hybridized carbons (Fsp3) is 0.333. The minimum absolute atomic E-state index is 0.0373. The van der Waals surface area contributed by atoms with Gasteiger partial charge in [-0.15, -0.1) is 0 Å². The minimum Gasteiger partial charge on any atom is -0.495 e. The summed E-state index contributed by atoms with van der Waals surface area (Å²) < 4.78 is 33.0. The fourth-order valence-corrected chi connectivity index (χ4v) is 4.37. The number of methoxy groups -OCH3 is 1. The second-order valence-corrected chi connectivity index (χ2v) is 8.14. The Balaban J connectivity index is 2.23. The maximum absolute atomic E-state index is 12.6. The van der Waals surface area contributed by atoms with Crippen molar-refractivity contribution in [3.05, 3.63) is 45.6 Å². The Bertz CT molecular complexity index is 746. The molecule has 0 spiro atoms. The maximum Gasteiger partial charge on any atom is 0.244 e. The van der Waals surface area contributed by atoms with E-state index in [9.17, 15) is 8.42 Å². The van der Waals surface area contributed by atoms with E-state index in [-0.39, 0.29) is 23.2 Å². The standard InChI is InChI=1S/C15H19ClN2O3S2/c1-18(2)13(11-6-7-22-10-11)9-17-23(19,20)15-8-12(16)4-5-14(15)21-3/h4-8,10,13,17H,9H2,1-3H3. The van der Waals surface area contributed by atoms with Gasteiger partial charge in [-0.25, -0.2) is 13.1 Å². The van der Waals surface area contributed by atoms with Gasteiger partial charge in [-0.3, -0.25) is 0 Å². The monoisotopic (exact) mass is 374 g/mol. The Morgan fingerprint density at radius 1 is 1.35 bits per heavy atom. The zero-order chi connectivity index (χ0) is 17.0. The predicted molar refractivity (Wildman–Crippen MR) is 93.9 cm³/mol. The van der Waals surface area contributed by atoms with Crippen molar-refractivity contribution in [3.8, 4) is 5.75 Å². The van der Waals surface area contributed by atoms with Crippen molar-refractivity contribution in [2.24, 2.45) is 0 Å². The molecule has 126 valence electrons. The Morgan fingerprint density at radius 3 is 2.65 bits per heavy atom. The first-order chi connectivity index (χ1) is 10.8. The molecule has 0 amide bonds. The van der Waals surface area contributed by atoms with Crippen molar-refractivity contribution in [2.75, 3.05) is 27.7 Å². The summed E-state index contributed by atoms with van der Waals surface area (Å²) in [5, 5.41) is 4.33. The first kappa shape index (κ1) is 18.2. The molecule has 0 saturated carbocycles. The predicted octanol–water partition coefficient (Wildman–Crippen LogP) is 2.99. The van der Waals surface area contributed by atoms with E-state index in [2.05, 4.69) is 4.72 Å². The molecule has 1 unspecified atom stereocenters. The Kier molecular flexibility index (Phi) is 6.05. The van der Waals surface area contributed by atoms with Gasteiger partial charge in [0.1, 0.15) is 10.6 Å². The largest absolute Gasteiger partial charge is 0.495 e. The van der Waals surface area contributed by atoms with Gasteiger partial charge < -0.3 is 9.64 Å². The lowest BCUT2D eigenvalue weighted by Crippen LogP contribution is -2.34. The number of likely N-dealkylation sites (N-methyl/N-ethyl adjacent to an activating group) is 1. The Labute approximate surface area is 145 Å². The van der Waals surface area contributed by atoms with Gasteiger partial charge in [-0.05, 0) is 54.7 Å². The minimum atomic E-state index is -3.73. The van der Waals surface area contributed by atoms with Gasteiger partial charge in [0.15, 0.2) is 0 Å². The van der Waals surface area contributed by atoms with Crippen LogP contribution in [0.15, 0.2) is 39.9 Å². The SMILES string of the molecule is COc1ccc(Cl)cc1S(=O)(=O)NCC(c1ccsc1)N(C)C. The van der Waals surface area contributed by atoms with Gasteiger partial charge in [-0.2, -0.15) is 11.3 Å². The molecule has 1 atom stereocenters. The van der Waals surface area contributed by atoms with Crippen LogP contribution in [0.5, 0.6) is 5.75 Å². The second-order valence-electron chi connectivity index (χ2n) is 5.18. The number of hydrogen-bond donors (Lipinski definition) is 1. The van der Waals surface area contributed by atoms with E-state index in [1.807, 2.05) is 35.8 Å². The summed E-state index contributed by atoms with van der Waals surface area (Å²) in [4.78, 5) is 2.01. The number of sulfonamides is 1. The van der Waals surface area contributed by atoms with E-state index < -0.39 is 10.0 Å². The average molecular weight is 375 g/mol. The molecular formula is C15H19ClN2O3S2. The van der Waals surface area contributed by atoms with Gasteiger partial charge >= 0.3 is 0 Å². The molecule has 0 aliphatic rings. The van der Waals surface area contributed by atoms with Crippen molar-refractivity contribution in [1.29, 1.82) is 0 Å². The van der Waals surface area contributed by atoms with Gasteiger partial charge in [0.2, 0.25) is 10.0 Å². The van der Waals surface area contributed by atoms with Crippen LogP contribution in [0.2, 0.25) is 5.02 Å². The normalized spacial score (nSPS) is 13.3. The van der Waals surface area contributed by atoms with E-state index in [1.165, 1.54) is 13.2 Å². The van der Waals surface area contributed by atoms with Crippen LogP contribution in [0, 0.1) is 0 Å². The van der Waals surface area contributed by atoms with Crippen molar-refractivity contribution in [2.45, 2.75) is 10.9 Å². The van der Waals surface area contributed by atoms with Gasteiger partial charge in [0, 0.05) is 17.6 Å². The van der Waals surface area contributed by atoms with Crippen LogP contribution in [0.25, 0.3) is 0 Å². The number of benzene rings is 1. The summed E-state index contributed by atoms with van der Waals surface area (Å²) >= 11 is 7.50. The highest BCUT2D eigenvalue weighted by atomic mass is 35.5. The number of nitrogens with zero attached hydrogens (tertiary/aromatic N) is 1. The zero-order valence-electron chi connectivity index (χ0n) is 13.1. The van der Waals surface area contributed by atoms with Crippen molar-refractivity contribution in [1.82, 2.24) is 9.62 Å². The molecule has 0 saturated heterocycles.